The minimum Gasteiger partial charge on any atom is -0.494 e. The molecule has 0 saturated carbocycles. The molecule has 3 aromatic rings. The van der Waals surface area contributed by atoms with Gasteiger partial charge in [0, 0.05) is 10.4 Å². The fourth-order valence-electron chi connectivity index (χ4n) is 3.32. The van der Waals surface area contributed by atoms with Crippen molar-refractivity contribution in [2.24, 2.45) is 0 Å². The zero-order valence-corrected chi connectivity index (χ0v) is 19.5. The molecule has 4 heteroatoms. The van der Waals surface area contributed by atoms with Crippen molar-refractivity contribution < 1.29 is 14.3 Å². The molecular formula is C27H29BrO3. The summed E-state index contributed by atoms with van der Waals surface area (Å²) in [5.74, 6) is 0.923. The summed E-state index contributed by atoms with van der Waals surface area (Å²) in [5.41, 5.74) is 2.39. The summed E-state index contributed by atoms with van der Waals surface area (Å²) in [6, 6.07) is 24.6. The van der Waals surface area contributed by atoms with Crippen molar-refractivity contribution in [1.82, 2.24) is 0 Å². The van der Waals surface area contributed by atoms with E-state index < -0.39 is 0 Å². The lowest BCUT2D eigenvalue weighted by atomic mass is 10.0. The minimum atomic E-state index is -0.383. The van der Waals surface area contributed by atoms with Crippen LogP contribution in [0.1, 0.15) is 49.4 Å². The van der Waals surface area contributed by atoms with Crippen LogP contribution in [0.5, 0.6) is 11.5 Å². The zero-order chi connectivity index (χ0) is 21.9. The molecule has 0 fully saturated rings. The van der Waals surface area contributed by atoms with E-state index in [-0.39, 0.29) is 5.97 Å². The lowest BCUT2D eigenvalue weighted by molar-refractivity contribution is 0.0735. The van der Waals surface area contributed by atoms with E-state index in [0.29, 0.717) is 22.7 Å². The Bertz CT molecular complexity index is 938. The summed E-state index contributed by atoms with van der Waals surface area (Å²) in [7, 11) is 0. The van der Waals surface area contributed by atoms with E-state index in [4.69, 9.17) is 9.47 Å². The van der Waals surface area contributed by atoms with E-state index in [1.54, 1.807) is 12.1 Å². The van der Waals surface area contributed by atoms with Gasteiger partial charge in [-0.3, -0.25) is 0 Å². The molecule has 0 bridgehead atoms. The third kappa shape index (κ3) is 7.25. The first kappa shape index (κ1) is 23.1. The maximum absolute atomic E-state index is 12.7. The number of benzene rings is 3. The maximum Gasteiger partial charge on any atom is 0.343 e. The molecule has 3 aromatic carbocycles. The first-order valence-electron chi connectivity index (χ1n) is 10.9. The molecule has 0 aromatic heterocycles. The van der Waals surface area contributed by atoms with Crippen LogP contribution in [-0.4, -0.2) is 17.4 Å². The first-order valence-corrected chi connectivity index (χ1v) is 11.8. The molecule has 3 rings (SSSR count). The standard InChI is InChI=1S/C27H29BrO3/c1-2-3-5-12-23(28)19-20-30-24-17-15-22(16-18-24)27(29)31-26-14-9-8-13-25(26)21-10-6-4-7-11-21/h4,6-11,13-18,23H,2-3,5,12,19-20H2,1H3. The van der Waals surface area contributed by atoms with Crippen LogP contribution >= 0.6 is 15.9 Å². The number of para-hydroxylation sites is 1. The van der Waals surface area contributed by atoms with Crippen molar-refractivity contribution in [3.8, 4) is 22.6 Å². The van der Waals surface area contributed by atoms with Gasteiger partial charge < -0.3 is 9.47 Å². The predicted octanol–water partition coefficient (Wildman–Crippen LogP) is 7.69. The SMILES string of the molecule is CCCCCC(Br)CCOc1ccc(C(=O)Oc2ccccc2-c2ccccc2)cc1. The van der Waals surface area contributed by atoms with Crippen molar-refractivity contribution >= 4 is 21.9 Å². The highest BCUT2D eigenvalue weighted by atomic mass is 79.9. The van der Waals surface area contributed by atoms with Crippen LogP contribution in [-0.2, 0) is 0 Å². The Morgan fingerprint density at radius 2 is 1.58 bits per heavy atom. The average molecular weight is 481 g/mol. The number of hydrogen-bond acceptors (Lipinski definition) is 3. The zero-order valence-electron chi connectivity index (χ0n) is 17.9. The van der Waals surface area contributed by atoms with E-state index >= 15 is 0 Å². The Kier molecular flexibility index (Phi) is 9.16. The number of halogens is 1. The first-order chi connectivity index (χ1) is 15.2. The highest BCUT2D eigenvalue weighted by molar-refractivity contribution is 9.09. The Morgan fingerprint density at radius 3 is 2.32 bits per heavy atom. The number of ether oxygens (including phenoxy) is 2. The van der Waals surface area contributed by atoms with Gasteiger partial charge in [-0.25, -0.2) is 4.79 Å². The molecule has 0 aliphatic heterocycles. The van der Waals surface area contributed by atoms with Gasteiger partial charge >= 0.3 is 5.97 Å². The van der Waals surface area contributed by atoms with Gasteiger partial charge in [0.1, 0.15) is 11.5 Å². The molecule has 0 spiro atoms. The van der Waals surface area contributed by atoms with Crippen LogP contribution in [0.4, 0.5) is 0 Å². The third-order valence-corrected chi connectivity index (χ3v) is 6.00. The lowest BCUT2D eigenvalue weighted by Gasteiger charge is -2.12. The molecule has 0 saturated heterocycles. The molecule has 0 radical (unpaired) electrons. The van der Waals surface area contributed by atoms with Crippen LogP contribution in [0.2, 0.25) is 0 Å². The molecule has 0 amide bonds. The second kappa shape index (κ2) is 12.3. The van der Waals surface area contributed by atoms with E-state index in [2.05, 4.69) is 22.9 Å². The fraction of sp³-hybridized carbons (Fsp3) is 0.296. The van der Waals surface area contributed by atoms with Gasteiger partial charge in [0.2, 0.25) is 0 Å². The topological polar surface area (TPSA) is 35.5 Å². The number of carbonyl (C=O) groups is 1. The van der Waals surface area contributed by atoms with Gasteiger partial charge in [-0.2, -0.15) is 0 Å². The van der Waals surface area contributed by atoms with Gasteiger partial charge in [-0.05, 0) is 48.7 Å². The molecule has 31 heavy (non-hydrogen) atoms. The van der Waals surface area contributed by atoms with Gasteiger partial charge in [-0.15, -0.1) is 0 Å². The van der Waals surface area contributed by atoms with Crippen LogP contribution in [0.15, 0.2) is 78.9 Å². The van der Waals surface area contributed by atoms with Crippen molar-refractivity contribution in [2.75, 3.05) is 6.61 Å². The summed E-state index contributed by atoms with van der Waals surface area (Å²) < 4.78 is 11.5. The second-order valence-electron chi connectivity index (χ2n) is 7.51. The molecule has 0 N–H and O–H groups in total. The summed E-state index contributed by atoms with van der Waals surface area (Å²) in [6.07, 6.45) is 5.89. The van der Waals surface area contributed by atoms with Gasteiger partial charge in [-0.1, -0.05) is 90.6 Å². The van der Waals surface area contributed by atoms with Gasteiger partial charge in [0.05, 0.1) is 12.2 Å². The number of carbonyl (C=O) groups excluding carboxylic acids is 1. The normalized spacial score (nSPS) is 11.7. The Balaban J connectivity index is 1.54. The molecule has 3 nitrogen and oxygen atoms in total. The maximum atomic E-state index is 12.7. The van der Waals surface area contributed by atoms with Gasteiger partial charge in [0.15, 0.2) is 0 Å². The van der Waals surface area contributed by atoms with Crippen LogP contribution in [0.25, 0.3) is 11.1 Å². The lowest BCUT2D eigenvalue weighted by Crippen LogP contribution is -2.09. The van der Waals surface area contributed by atoms with E-state index in [0.717, 1.165) is 23.3 Å². The smallest absolute Gasteiger partial charge is 0.343 e. The summed E-state index contributed by atoms with van der Waals surface area (Å²) >= 11 is 3.73. The third-order valence-electron chi connectivity index (χ3n) is 5.09. The predicted molar refractivity (Wildman–Crippen MR) is 130 cm³/mol. The summed E-state index contributed by atoms with van der Waals surface area (Å²) in [5, 5.41) is 0. The number of alkyl halides is 1. The number of esters is 1. The highest BCUT2D eigenvalue weighted by Crippen LogP contribution is 2.30. The molecule has 1 atom stereocenters. The van der Waals surface area contributed by atoms with Crippen molar-refractivity contribution in [3.05, 3.63) is 84.4 Å². The van der Waals surface area contributed by atoms with Crippen LogP contribution in [0.3, 0.4) is 0 Å². The largest absolute Gasteiger partial charge is 0.494 e. The van der Waals surface area contributed by atoms with E-state index in [1.807, 2.05) is 66.7 Å². The van der Waals surface area contributed by atoms with Crippen molar-refractivity contribution in [2.45, 2.75) is 43.9 Å². The summed E-state index contributed by atoms with van der Waals surface area (Å²) in [4.78, 5) is 13.2. The average Bonchev–Trinajstić information content (AvgIpc) is 2.80. The number of unbranched alkanes of at least 4 members (excludes halogenated alkanes) is 2. The van der Waals surface area contributed by atoms with E-state index in [1.165, 1.54) is 25.7 Å². The van der Waals surface area contributed by atoms with Gasteiger partial charge in [0.25, 0.3) is 0 Å². The summed E-state index contributed by atoms with van der Waals surface area (Å²) in [6.45, 7) is 2.87. The monoisotopic (exact) mass is 480 g/mol. The number of rotatable bonds is 11. The molecule has 0 heterocycles. The quantitative estimate of drug-likeness (QED) is 0.122. The minimum absolute atomic E-state index is 0.383. The number of hydrogen-bond donors (Lipinski definition) is 0. The van der Waals surface area contributed by atoms with Crippen LogP contribution < -0.4 is 9.47 Å². The van der Waals surface area contributed by atoms with Crippen molar-refractivity contribution in [1.29, 1.82) is 0 Å². The molecule has 162 valence electrons. The van der Waals surface area contributed by atoms with Crippen LogP contribution in [0, 0.1) is 0 Å². The Labute approximate surface area is 193 Å². The Morgan fingerprint density at radius 1 is 0.871 bits per heavy atom. The molecular weight excluding hydrogens is 452 g/mol. The highest BCUT2D eigenvalue weighted by Gasteiger charge is 2.13. The molecule has 0 aliphatic carbocycles. The second-order valence-corrected chi connectivity index (χ2v) is 8.80. The molecule has 0 aliphatic rings. The fourth-order valence-corrected chi connectivity index (χ4v) is 3.83. The molecule has 1 unspecified atom stereocenters. The van der Waals surface area contributed by atoms with E-state index in [9.17, 15) is 4.79 Å². The Hall–Kier alpha value is -2.59. The van der Waals surface area contributed by atoms with Crippen molar-refractivity contribution in [3.63, 3.8) is 0 Å².